The zero-order chi connectivity index (χ0) is 13.0. The lowest BCUT2D eigenvalue weighted by molar-refractivity contribution is -0.126. The third-order valence-electron chi connectivity index (χ3n) is 2.96. The van der Waals surface area contributed by atoms with Crippen LogP contribution in [0.4, 0.5) is 0 Å². The molecule has 1 aromatic rings. The SMILES string of the molecule is CCCN(CC1CC1)C(=O)/C=C/c1ccc(Br)s1. The molecule has 98 valence electrons. The van der Waals surface area contributed by atoms with Crippen molar-refractivity contribution in [2.24, 2.45) is 5.92 Å². The third-order valence-corrected chi connectivity index (χ3v) is 4.55. The summed E-state index contributed by atoms with van der Waals surface area (Å²) in [7, 11) is 0. The van der Waals surface area contributed by atoms with Crippen molar-refractivity contribution in [3.63, 3.8) is 0 Å². The van der Waals surface area contributed by atoms with Crippen LogP contribution in [0.1, 0.15) is 31.1 Å². The van der Waals surface area contributed by atoms with Crippen LogP contribution in [0, 0.1) is 5.92 Å². The molecule has 1 amide bonds. The number of rotatable bonds is 6. The Morgan fingerprint density at radius 2 is 2.33 bits per heavy atom. The van der Waals surface area contributed by atoms with E-state index < -0.39 is 0 Å². The van der Waals surface area contributed by atoms with E-state index in [9.17, 15) is 4.79 Å². The van der Waals surface area contributed by atoms with Crippen molar-refractivity contribution in [2.45, 2.75) is 26.2 Å². The quantitative estimate of drug-likeness (QED) is 0.718. The summed E-state index contributed by atoms with van der Waals surface area (Å²) < 4.78 is 1.10. The number of halogens is 1. The molecule has 1 fully saturated rings. The second-order valence-corrected chi connectivity index (χ2v) is 7.20. The average molecular weight is 328 g/mol. The Bertz CT molecular complexity index is 437. The van der Waals surface area contributed by atoms with Gasteiger partial charge >= 0.3 is 0 Å². The summed E-state index contributed by atoms with van der Waals surface area (Å²) in [6.45, 7) is 3.92. The molecule has 4 heteroatoms. The van der Waals surface area contributed by atoms with Gasteiger partial charge in [0.2, 0.25) is 5.91 Å². The molecule has 0 saturated heterocycles. The summed E-state index contributed by atoms with van der Waals surface area (Å²) in [5, 5.41) is 0. The Kier molecular flexibility index (Phi) is 5.01. The number of thiophene rings is 1. The number of carbonyl (C=O) groups excluding carboxylic acids is 1. The molecular weight excluding hydrogens is 310 g/mol. The standard InChI is InChI=1S/C14H18BrNOS/c1-2-9-16(10-11-3-4-11)14(17)8-6-12-5-7-13(15)18-12/h5-8,11H,2-4,9-10H2,1H3/b8-6+. The summed E-state index contributed by atoms with van der Waals surface area (Å²) in [5.74, 6) is 0.901. The van der Waals surface area contributed by atoms with Gasteiger partial charge in [0.1, 0.15) is 0 Å². The largest absolute Gasteiger partial charge is 0.339 e. The second-order valence-electron chi connectivity index (χ2n) is 4.70. The molecule has 0 atom stereocenters. The van der Waals surface area contributed by atoms with Crippen molar-refractivity contribution >= 4 is 39.2 Å². The fraction of sp³-hybridized carbons (Fsp3) is 0.500. The van der Waals surface area contributed by atoms with E-state index in [1.807, 2.05) is 23.1 Å². The maximum Gasteiger partial charge on any atom is 0.246 e. The van der Waals surface area contributed by atoms with Gasteiger partial charge in [0.05, 0.1) is 3.79 Å². The van der Waals surface area contributed by atoms with Crippen LogP contribution in [-0.4, -0.2) is 23.9 Å². The first kappa shape index (κ1) is 13.8. The zero-order valence-corrected chi connectivity index (χ0v) is 13.0. The minimum Gasteiger partial charge on any atom is -0.339 e. The molecule has 0 radical (unpaired) electrons. The first-order chi connectivity index (χ1) is 8.69. The smallest absolute Gasteiger partial charge is 0.246 e. The lowest BCUT2D eigenvalue weighted by atomic mass is 10.3. The first-order valence-electron chi connectivity index (χ1n) is 6.41. The van der Waals surface area contributed by atoms with Crippen LogP contribution in [0.5, 0.6) is 0 Å². The summed E-state index contributed by atoms with van der Waals surface area (Å²) in [4.78, 5) is 15.2. The molecule has 1 aliphatic rings. The van der Waals surface area contributed by atoms with Crippen LogP contribution < -0.4 is 0 Å². The summed E-state index contributed by atoms with van der Waals surface area (Å²) >= 11 is 5.06. The molecule has 0 bridgehead atoms. The summed E-state index contributed by atoms with van der Waals surface area (Å²) in [6, 6.07) is 4.02. The highest BCUT2D eigenvalue weighted by atomic mass is 79.9. The van der Waals surface area contributed by atoms with E-state index in [-0.39, 0.29) is 5.91 Å². The maximum absolute atomic E-state index is 12.1. The molecule has 0 aromatic carbocycles. The van der Waals surface area contributed by atoms with Crippen molar-refractivity contribution in [1.82, 2.24) is 4.90 Å². The zero-order valence-electron chi connectivity index (χ0n) is 10.6. The lowest BCUT2D eigenvalue weighted by Gasteiger charge is -2.20. The molecule has 1 aliphatic carbocycles. The van der Waals surface area contributed by atoms with E-state index in [0.717, 1.165) is 34.1 Å². The molecule has 0 N–H and O–H groups in total. The molecule has 0 unspecified atom stereocenters. The van der Waals surface area contributed by atoms with E-state index in [4.69, 9.17) is 0 Å². The Morgan fingerprint density at radius 1 is 1.56 bits per heavy atom. The number of hydrogen-bond donors (Lipinski definition) is 0. The van der Waals surface area contributed by atoms with E-state index in [1.54, 1.807) is 17.4 Å². The Labute approximate surface area is 121 Å². The lowest BCUT2D eigenvalue weighted by Crippen LogP contribution is -2.32. The van der Waals surface area contributed by atoms with Gasteiger partial charge in [-0.05, 0) is 59.3 Å². The molecule has 1 saturated carbocycles. The van der Waals surface area contributed by atoms with Crippen LogP contribution >= 0.6 is 27.3 Å². The molecular formula is C14H18BrNOS. The Morgan fingerprint density at radius 3 is 2.89 bits per heavy atom. The highest BCUT2D eigenvalue weighted by molar-refractivity contribution is 9.11. The van der Waals surface area contributed by atoms with Crippen molar-refractivity contribution in [3.05, 3.63) is 26.9 Å². The highest BCUT2D eigenvalue weighted by Gasteiger charge is 2.25. The maximum atomic E-state index is 12.1. The predicted octanol–water partition coefficient (Wildman–Crippen LogP) is 4.17. The van der Waals surface area contributed by atoms with E-state index >= 15 is 0 Å². The van der Waals surface area contributed by atoms with Crippen LogP contribution in [-0.2, 0) is 4.79 Å². The van der Waals surface area contributed by atoms with Gasteiger partial charge in [-0.2, -0.15) is 0 Å². The third kappa shape index (κ3) is 4.25. The van der Waals surface area contributed by atoms with Crippen molar-refractivity contribution < 1.29 is 4.79 Å². The molecule has 2 rings (SSSR count). The van der Waals surface area contributed by atoms with Gasteiger partial charge in [0.15, 0.2) is 0 Å². The number of nitrogens with zero attached hydrogens (tertiary/aromatic N) is 1. The molecule has 0 spiro atoms. The van der Waals surface area contributed by atoms with Crippen molar-refractivity contribution in [2.75, 3.05) is 13.1 Å². The van der Waals surface area contributed by atoms with Crippen LogP contribution in [0.2, 0.25) is 0 Å². The molecule has 18 heavy (non-hydrogen) atoms. The van der Waals surface area contributed by atoms with E-state index in [2.05, 4.69) is 22.9 Å². The van der Waals surface area contributed by atoms with Crippen molar-refractivity contribution in [1.29, 1.82) is 0 Å². The van der Waals surface area contributed by atoms with Crippen LogP contribution in [0.15, 0.2) is 22.0 Å². The number of carbonyl (C=O) groups is 1. The fourth-order valence-electron chi connectivity index (χ4n) is 1.85. The van der Waals surface area contributed by atoms with Gasteiger partial charge in [-0.15, -0.1) is 11.3 Å². The predicted molar refractivity (Wildman–Crippen MR) is 80.6 cm³/mol. The monoisotopic (exact) mass is 327 g/mol. The number of amides is 1. The van der Waals surface area contributed by atoms with Gasteiger partial charge in [-0.3, -0.25) is 4.79 Å². The molecule has 0 aliphatic heterocycles. The second kappa shape index (κ2) is 6.53. The topological polar surface area (TPSA) is 20.3 Å². The van der Waals surface area contributed by atoms with Gasteiger partial charge in [-0.1, -0.05) is 6.92 Å². The summed E-state index contributed by atoms with van der Waals surface area (Å²) in [6.07, 6.45) is 7.21. The van der Waals surface area contributed by atoms with E-state index in [0.29, 0.717) is 0 Å². The van der Waals surface area contributed by atoms with Gasteiger partial charge in [0.25, 0.3) is 0 Å². The summed E-state index contributed by atoms with van der Waals surface area (Å²) in [5.41, 5.74) is 0. The average Bonchev–Trinajstić information content (AvgIpc) is 3.07. The van der Waals surface area contributed by atoms with Crippen molar-refractivity contribution in [3.8, 4) is 0 Å². The van der Waals surface area contributed by atoms with Gasteiger partial charge in [-0.25, -0.2) is 0 Å². The van der Waals surface area contributed by atoms with Gasteiger partial charge < -0.3 is 4.90 Å². The van der Waals surface area contributed by atoms with Gasteiger partial charge in [0, 0.05) is 24.0 Å². The van der Waals surface area contributed by atoms with Crippen LogP contribution in [0.25, 0.3) is 6.08 Å². The normalized spacial score (nSPS) is 15.2. The molecule has 2 nitrogen and oxygen atoms in total. The van der Waals surface area contributed by atoms with Crippen LogP contribution in [0.3, 0.4) is 0 Å². The molecule has 1 aromatic heterocycles. The fourth-order valence-corrected chi connectivity index (χ4v) is 3.18. The Balaban J connectivity index is 1.92. The number of hydrogen-bond acceptors (Lipinski definition) is 2. The highest BCUT2D eigenvalue weighted by Crippen LogP contribution is 2.30. The minimum absolute atomic E-state index is 0.147. The van der Waals surface area contributed by atoms with E-state index in [1.165, 1.54) is 12.8 Å². The minimum atomic E-state index is 0.147. The first-order valence-corrected chi connectivity index (χ1v) is 8.02. The molecule has 1 heterocycles. The Hall–Kier alpha value is -0.610.